The molecule has 0 saturated heterocycles. The molecule has 0 atom stereocenters. The maximum atomic E-state index is 13.6. The highest BCUT2D eigenvalue weighted by molar-refractivity contribution is 6.46. The standard InChI is InChI=1S/C28H27FN2O2/c1-17-7-6-8-23(18(17)2)30-25-24(19-9-13-21(29)14-10-19)26(32)31(27(25)33)22-15-11-20(12-16-22)28(3,4)5/h6-16,30H,1-5H3. The van der Waals surface area contributed by atoms with Crippen LogP contribution in [0.3, 0.4) is 0 Å². The van der Waals surface area contributed by atoms with E-state index < -0.39 is 17.6 Å². The van der Waals surface area contributed by atoms with Crippen LogP contribution in [0.1, 0.15) is 43.0 Å². The molecule has 4 rings (SSSR count). The van der Waals surface area contributed by atoms with Gasteiger partial charge in [0.15, 0.2) is 0 Å². The Morgan fingerprint density at radius 2 is 1.45 bits per heavy atom. The third-order valence-corrected chi connectivity index (χ3v) is 6.07. The second kappa shape index (κ2) is 8.32. The normalized spacial score (nSPS) is 14.3. The summed E-state index contributed by atoms with van der Waals surface area (Å²) in [5, 5.41) is 3.20. The van der Waals surface area contributed by atoms with Gasteiger partial charge in [0.05, 0.1) is 11.3 Å². The quantitative estimate of drug-likeness (QED) is 0.494. The Bertz CT molecular complexity index is 1270. The van der Waals surface area contributed by atoms with Crippen molar-refractivity contribution in [2.75, 3.05) is 10.2 Å². The van der Waals surface area contributed by atoms with Gasteiger partial charge in [-0.2, -0.15) is 0 Å². The number of rotatable bonds is 4. The molecule has 0 fully saturated rings. The van der Waals surface area contributed by atoms with Gasteiger partial charge >= 0.3 is 0 Å². The van der Waals surface area contributed by atoms with Gasteiger partial charge in [0, 0.05) is 5.69 Å². The number of hydrogen-bond donors (Lipinski definition) is 1. The zero-order chi connectivity index (χ0) is 23.9. The summed E-state index contributed by atoms with van der Waals surface area (Å²) in [5.41, 5.74) is 5.23. The number of amides is 2. The SMILES string of the molecule is Cc1cccc(NC2=C(c3ccc(F)cc3)C(=O)N(c3ccc(C(C)(C)C)cc3)C2=O)c1C. The molecule has 1 N–H and O–H groups in total. The van der Waals surface area contributed by atoms with Crippen LogP contribution >= 0.6 is 0 Å². The van der Waals surface area contributed by atoms with Gasteiger partial charge in [-0.15, -0.1) is 0 Å². The monoisotopic (exact) mass is 442 g/mol. The number of halogens is 1. The van der Waals surface area contributed by atoms with Crippen LogP contribution in [0.2, 0.25) is 0 Å². The average Bonchev–Trinajstić information content (AvgIpc) is 3.01. The topological polar surface area (TPSA) is 49.4 Å². The second-order valence-corrected chi connectivity index (χ2v) is 9.37. The highest BCUT2D eigenvalue weighted by Gasteiger charge is 2.40. The molecule has 2 amide bonds. The molecule has 1 aliphatic rings. The van der Waals surface area contributed by atoms with Crippen molar-refractivity contribution in [2.24, 2.45) is 0 Å². The summed E-state index contributed by atoms with van der Waals surface area (Å²) in [5.74, 6) is -1.29. The number of benzene rings is 3. The summed E-state index contributed by atoms with van der Waals surface area (Å²) in [6, 6.07) is 18.8. The Morgan fingerprint density at radius 1 is 0.818 bits per heavy atom. The lowest BCUT2D eigenvalue weighted by Crippen LogP contribution is -2.32. The highest BCUT2D eigenvalue weighted by Crippen LogP contribution is 2.35. The zero-order valence-electron chi connectivity index (χ0n) is 19.5. The molecule has 0 spiro atoms. The predicted octanol–water partition coefficient (Wildman–Crippen LogP) is 6.14. The maximum Gasteiger partial charge on any atom is 0.282 e. The molecule has 0 unspecified atom stereocenters. The van der Waals surface area contributed by atoms with Crippen LogP contribution in [0.4, 0.5) is 15.8 Å². The van der Waals surface area contributed by atoms with Crippen molar-refractivity contribution in [1.29, 1.82) is 0 Å². The molecule has 33 heavy (non-hydrogen) atoms. The van der Waals surface area contributed by atoms with Gasteiger partial charge in [0.2, 0.25) is 0 Å². The molecule has 3 aromatic carbocycles. The number of carbonyl (C=O) groups is 2. The van der Waals surface area contributed by atoms with Crippen molar-refractivity contribution in [3.05, 3.63) is 100 Å². The number of imide groups is 1. The van der Waals surface area contributed by atoms with E-state index in [1.807, 2.05) is 44.2 Å². The first-order chi connectivity index (χ1) is 15.6. The van der Waals surface area contributed by atoms with Gasteiger partial charge in [0.25, 0.3) is 11.8 Å². The molecule has 5 heteroatoms. The summed E-state index contributed by atoms with van der Waals surface area (Å²) in [4.78, 5) is 28.3. The predicted molar refractivity (Wildman–Crippen MR) is 130 cm³/mol. The third kappa shape index (κ3) is 4.19. The first kappa shape index (κ1) is 22.5. The van der Waals surface area contributed by atoms with Crippen molar-refractivity contribution < 1.29 is 14.0 Å². The number of nitrogens with zero attached hydrogens (tertiary/aromatic N) is 1. The van der Waals surface area contributed by atoms with Gasteiger partial charge in [0.1, 0.15) is 11.5 Å². The number of aryl methyl sites for hydroxylation is 1. The van der Waals surface area contributed by atoms with E-state index in [4.69, 9.17) is 0 Å². The zero-order valence-corrected chi connectivity index (χ0v) is 19.5. The van der Waals surface area contributed by atoms with Gasteiger partial charge < -0.3 is 5.32 Å². The summed E-state index contributed by atoms with van der Waals surface area (Å²) < 4.78 is 13.6. The summed E-state index contributed by atoms with van der Waals surface area (Å²) in [6.45, 7) is 10.3. The molecule has 3 aromatic rings. The molecule has 0 radical (unpaired) electrons. The summed E-state index contributed by atoms with van der Waals surface area (Å²) >= 11 is 0. The lowest BCUT2D eigenvalue weighted by molar-refractivity contribution is -0.120. The van der Waals surface area contributed by atoms with Crippen molar-refractivity contribution in [3.8, 4) is 0 Å². The van der Waals surface area contributed by atoms with Crippen LogP contribution in [0.25, 0.3) is 5.57 Å². The molecule has 168 valence electrons. The fourth-order valence-electron chi connectivity index (χ4n) is 3.90. The molecule has 0 aliphatic carbocycles. The maximum absolute atomic E-state index is 13.6. The molecule has 4 nitrogen and oxygen atoms in total. The van der Waals surface area contributed by atoms with Crippen LogP contribution in [-0.2, 0) is 15.0 Å². The van der Waals surface area contributed by atoms with E-state index in [0.29, 0.717) is 11.3 Å². The Hall–Kier alpha value is -3.73. The molecule has 0 aromatic heterocycles. The average molecular weight is 443 g/mol. The minimum absolute atomic E-state index is 0.0511. The fourth-order valence-corrected chi connectivity index (χ4v) is 3.90. The van der Waals surface area contributed by atoms with E-state index in [2.05, 4.69) is 26.1 Å². The summed E-state index contributed by atoms with van der Waals surface area (Å²) in [7, 11) is 0. The molecule has 1 aliphatic heterocycles. The van der Waals surface area contributed by atoms with Gasteiger partial charge in [-0.25, -0.2) is 9.29 Å². The lowest BCUT2D eigenvalue weighted by Gasteiger charge is -2.21. The van der Waals surface area contributed by atoms with Crippen LogP contribution in [0, 0.1) is 19.7 Å². The largest absolute Gasteiger partial charge is 0.350 e. The molecule has 0 bridgehead atoms. The smallest absolute Gasteiger partial charge is 0.282 e. The van der Waals surface area contributed by atoms with E-state index in [0.717, 1.165) is 22.4 Å². The number of hydrogen-bond acceptors (Lipinski definition) is 3. The molecular weight excluding hydrogens is 415 g/mol. The Balaban J connectivity index is 1.80. The van der Waals surface area contributed by atoms with E-state index in [9.17, 15) is 14.0 Å². The van der Waals surface area contributed by atoms with E-state index >= 15 is 0 Å². The van der Waals surface area contributed by atoms with Crippen molar-refractivity contribution >= 4 is 28.8 Å². The minimum Gasteiger partial charge on any atom is -0.350 e. The van der Waals surface area contributed by atoms with E-state index in [-0.39, 0.29) is 16.7 Å². The molecule has 1 heterocycles. The third-order valence-electron chi connectivity index (χ3n) is 6.07. The van der Waals surface area contributed by atoms with Crippen LogP contribution in [0.5, 0.6) is 0 Å². The van der Waals surface area contributed by atoms with Crippen LogP contribution in [0.15, 0.2) is 72.4 Å². The Kier molecular flexibility index (Phi) is 5.66. The van der Waals surface area contributed by atoms with E-state index in [1.54, 1.807) is 12.1 Å². The van der Waals surface area contributed by atoms with Gasteiger partial charge in [-0.05, 0) is 71.8 Å². The van der Waals surface area contributed by atoms with E-state index in [1.165, 1.54) is 29.2 Å². The highest BCUT2D eigenvalue weighted by atomic mass is 19.1. The fraction of sp³-hybridized carbons (Fsp3) is 0.214. The summed E-state index contributed by atoms with van der Waals surface area (Å²) in [6.07, 6.45) is 0. The van der Waals surface area contributed by atoms with Crippen molar-refractivity contribution in [2.45, 2.75) is 40.0 Å². The lowest BCUT2D eigenvalue weighted by atomic mass is 9.87. The number of anilines is 2. The first-order valence-corrected chi connectivity index (χ1v) is 10.9. The Labute approximate surface area is 193 Å². The van der Waals surface area contributed by atoms with Crippen LogP contribution in [-0.4, -0.2) is 11.8 Å². The Morgan fingerprint density at radius 3 is 2.06 bits per heavy atom. The van der Waals surface area contributed by atoms with Crippen LogP contribution < -0.4 is 10.2 Å². The number of carbonyl (C=O) groups excluding carboxylic acids is 2. The van der Waals surface area contributed by atoms with Crippen molar-refractivity contribution in [1.82, 2.24) is 0 Å². The van der Waals surface area contributed by atoms with Crippen molar-refractivity contribution in [3.63, 3.8) is 0 Å². The molecular formula is C28H27FN2O2. The first-order valence-electron chi connectivity index (χ1n) is 10.9. The second-order valence-electron chi connectivity index (χ2n) is 9.37. The van der Waals surface area contributed by atoms with Gasteiger partial charge in [-0.1, -0.05) is 57.2 Å². The van der Waals surface area contributed by atoms with Gasteiger partial charge in [-0.3, -0.25) is 9.59 Å². The number of nitrogens with one attached hydrogen (secondary N) is 1. The molecule has 0 saturated carbocycles. The minimum atomic E-state index is -0.442.